The van der Waals surface area contributed by atoms with Crippen LogP contribution in [-0.4, -0.2) is 43.0 Å². The second kappa shape index (κ2) is 7.06. The van der Waals surface area contributed by atoms with Gasteiger partial charge in [0.25, 0.3) is 11.6 Å². The van der Waals surface area contributed by atoms with Gasteiger partial charge in [-0.3, -0.25) is 14.9 Å². The van der Waals surface area contributed by atoms with Gasteiger partial charge in [0.15, 0.2) is 0 Å². The van der Waals surface area contributed by atoms with Crippen LogP contribution in [0.1, 0.15) is 16.8 Å². The fourth-order valence-corrected chi connectivity index (χ4v) is 1.74. The summed E-state index contributed by atoms with van der Waals surface area (Å²) in [4.78, 5) is 23.7. The van der Waals surface area contributed by atoms with Crippen LogP contribution in [0.2, 0.25) is 5.02 Å². The van der Waals surface area contributed by atoms with E-state index in [1.165, 1.54) is 23.1 Å². The van der Waals surface area contributed by atoms with Crippen molar-refractivity contribution in [1.82, 2.24) is 4.90 Å². The van der Waals surface area contributed by atoms with Crippen LogP contribution in [0.25, 0.3) is 0 Å². The number of benzene rings is 1. The van der Waals surface area contributed by atoms with E-state index in [1.807, 2.05) is 0 Å². The second-order valence-electron chi connectivity index (χ2n) is 4.00. The van der Waals surface area contributed by atoms with Crippen molar-refractivity contribution in [2.75, 3.05) is 27.3 Å². The van der Waals surface area contributed by atoms with Crippen molar-refractivity contribution >= 4 is 23.2 Å². The summed E-state index contributed by atoms with van der Waals surface area (Å²) in [7, 11) is 3.23. The number of hydrogen-bond donors (Lipinski definition) is 0. The molecule has 19 heavy (non-hydrogen) atoms. The van der Waals surface area contributed by atoms with E-state index < -0.39 is 4.92 Å². The fraction of sp³-hybridized carbons (Fsp3) is 0.417. The number of amides is 1. The van der Waals surface area contributed by atoms with Gasteiger partial charge in [0.1, 0.15) is 5.02 Å². The monoisotopic (exact) mass is 286 g/mol. The quantitative estimate of drug-likeness (QED) is 0.457. The van der Waals surface area contributed by atoms with Crippen molar-refractivity contribution in [2.45, 2.75) is 6.42 Å². The summed E-state index contributed by atoms with van der Waals surface area (Å²) in [5.41, 5.74) is -0.0196. The van der Waals surface area contributed by atoms with Crippen LogP contribution in [0.15, 0.2) is 18.2 Å². The maximum Gasteiger partial charge on any atom is 0.288 e. The van der Waals surface area contributed by atoms with E-state index in [-0.39, 0.29) is 22.2 Å². The van der Waals surface area contributed by atoms with Crippen LogP contribution in [-0.2, 0) is 4.74 Å². The Kier molecular flexibility index (Phi) is 5.72. The number of hydrogen-bond acceptors (Lipinski definition) is 4. The van der Waals surface area contributed by atoms with Gasteiger partial charge in [-0.15, -0.1) is 0 Å². The lowest BCUT2D eigenvalue weighted by Gasteiger charge is -2.16. The number of methoxy groups -OCH3 is 1. The third-order valence-corrected chi connectivity index (χ3v) is 2.90. The first kappa shape index (κ1) is 15.4. The summed E-state index contributed by atoms with van der Waals surface area (Å²) in [6, 6.07) is 4.03. The molecule has 104 valence electrons. The lowest BCUT2D eigenvalue weighted by Crippen LogP contribution is -2.28. The van der Waals surface area contributed by atoms with Crippen LogP contribution in [0.5, 0.6) is 0 Å². The molecule has 0 fully saturated rings. The van der Waals surface area contributed by atoms with Gasteiger partial charge in [0.2, 0.25) is 0 Å². The van der Waals surface area contributed by atoms with Crippen molar-refractivity contribution < 1.29 is 14.5 Å². The second-order valence-corrected chi connectivity index (χ2v) is 4.40. The Morgan fingerprint density at radius 3 is 2.79 bits per heavy atom. The molecule has 0 spiro atoms. The Hall–Kier alpha value is -1.66. The van der Waals surface area contributed by atoms with Crippen molar-refractivity contribution in [3.63, 3.8) is 0 Å². The zero-order valence-electron chi connectivity index (χ0n) is 10.8. The molecule has 0 saturated heterocycles. The molecule has 1 rings (SSSR count). The predicted molar refractivity (Wildman–Crippen MR) is 71.6 cm³/mol. The molecule has 1 aromatic rings. The average molecular weight is 287 g/mol. The van der Waals surface area contributed by atoms with Crippen molar-refractivity contribution in [1.29, 1.82) is 0 Å². The van der Waals surface area contributed by atoms with Crippen molar-refractivity contribution in [3.05, 3.63) is 38.9 Å². The minimum Gasteiger partial charge on any atom is -0.385 e. The van der Waals surface area contributed by atoms with Gasteiger partial charge >= 0.3 is 0 Å². The van der Waals surface area contributed by atoms with Crippen molar-refractivity contribution in [2.24, 2.45) is 0 Å². The minimum absolute atomic E-state index is 0.0172. The summed E-state index contributed by atoms with van der Waals surface area (Å²) >= 11 is 5.69. The third kappa shape index (κ3) is 4.18. The SMILES string of the molecule is COCCCN(C)C(=O)c1ccc(Cl)c([N+](=O)[O-])c1. The third-order valence-electron chi connectivity index (χ3n) is 2.58. The molecular weight excluding hydrogens is 272 g/mol. The Morgan fingerprint density at radius 1 is 1.53 bits per heavy atom. The van der Waals surface area contributed by atoms with Crippen molar-refractivity contribution in [3.8, 4) is 0 Å². The minimum atomic E-state index is -0.607. The molecule has 0 aromatic heterocycles. The number of halogens is 1. The first-order valence-electron chi connectivity index (χ1n) is 5.65. The van der Waals surface area contributed by atoms with Gasteiger partial charge in [0.05, 0.1) is 4.92 Å². The van der Waals surface area contributed by atoms with Gasteiger partial charge in [-0.05, 0) is 18.6 Å². The number of carbonyl (C=O) groups is 1. The molecule has 0 saturated carbocycles. The highest BCUT2D eigenvalue weighted by Crippen LogP contribution is 2.25. The number of nitrogens with zero attached hydrogens (tertiary/aromatic N) is 2. The molecule has 0 radical (unpaired) electrons. The maximum atomic E-state index is 12.0. The summed E-state index contributed by atoms with van der Waals surface area (Å²) in [5, 5.41) is 10.8. The summed E-state index contributed by atoms with van der Waals surface area (Å²) in [6.07, 6.45) is 0.703. The van der Waals surface area contributed by atoms with Gasteiger partial charge in [0, 0.05) is 38.9 Å². The lowest BCUT2D eigenvalue weighted by atomic mass is 10.1. The highest BCUT2D eigenvalue weighted by Gasteiger charge is 2.18. The molecule has 0 aliphatic carbocycles. The molecule has 0 bridgehead atoms. The highest BCUT2D eigenvalue weighted by atomic mass is 35.5. The maximum absolute atomic E-state index is 12.0. The van der Waals surface area contributed by atoms with E-state index in [0.29, 0.717) is 19.6 Å². The summed E-state index contributed by atoms with van der Waals surface area (Å²) < 4.78 is 4.90. The Balaban J connectivity index is 2.82. The predicted octanol–water partition coefficient (Wildman–Crippen LogP) is 2.36. The largest absolute Gasteiger partial charge is 0.385 e. The normalized spacial score (nSPS) is 10.3. The van der Waals surface area contributed by atoms with E-state index in [9.17, 15) is 14.9 Å². The van der Waals surface area contributed by atoms with E-state index in [1.54, 1.807) is 14.2 Å². The van der Waals surface area contributed by atoms with Gasteiger partial charge in [-0.2, -0.15) is 0 Å². The van der Waals surface area contributed by atoms with Gasteiger partial charge in [-0.25, -0.2) is 0 Å². The Morgan fingerprint density at radius 2 is 2.21 bits per heavy atom. The Labute approximate surface area is 116 Å². The molecule has 0 atom stereocenters. The number of carbonyl (C=O) groups excluding carboxylic acids is 1. The molecule has 0 N–H and O–H groups in total. The molecule has 0 heterocycles. The number of rotatable bonds is 6. The van der Waals surface area contributed by atoms with Crippen LogP contribution in [0.4, 0.5) is 5.69 Å². The van der Waals surface area contributed by atoms with Crippen LogP contribution in [0.3, 0.4) is 0 Å². The Bertz CT molecular complexity index is 479. The average Bonchev–Trinajstić information content (AvgIpc) is 2.38. The lowest BCUT2D eigenvalue weighted by molar-refractivity contribution is -0.384. The van der Waals surface area contributed by atoms with Crippen LogP contribution < -0.4 is 0 Å². The molecule has 6 nitrogen and oxygen atoms in total. The highest BCUT2D eigenvalue weighted by molar-refractivity contribution is 6.32. The zero-order chi connectivity index (χ0) is 14.4. The number of ether oxygens (including phenoxy) is 1. The molecule has 0 aliphatic heterocycles. The molecule has 0 unspecified atom stereocenters. The number of nitro benzene ring substituents is 1. The first-order chi connectivity index (χ1) is 8.97. The standard InChI is InChI=1S/C12H15ClN2O4/c1-14(6-3-7-19-2)12(16)9-4-5-10(13)11(8-9)15(17)18/h4-5,8H,3,6-7H2,1-2H3. The first-order valence-corrected chi connectivity index (χ1v) is 6.03. The van der Waals surface area contributed by atoms with E-state index in [2.05, 4.69) is 0 Å². The molecule has 1 aromatic carbocycles. The van der Waals surface area contributed by atoms with E-state index >= 15 is 0 Å². The molecule has 0 aliphatic rings. The molecule has 1 amide bonds. The van der Waals surface area contributed by atoms with E-state index in [4.69, 9.17) is 16.3 Å². The van der Waals surface area contributed by atoms with Crippen LogP contribution >= 0.6 is 11.6 Å². The summed E-state index contributed by atoms with van der Waals surface area (Å²) in [5.74, 6) is -0.282. The molecule has 7 heteroatoms. The smallest absolute Gasteiger partial charge is 0.288 e. The van der Waals surface area contributed by atoms with Gasteiger partial charge in [-0.1, -0.05) is 11.6 Å². The number of nitro groups is 1. The van der Waals surface area contributed by atoms with E-state index in [0.717, 1.165) is 0 Å². The summed E-state index contributed by atoms with van der Waals surface area (Å²) in [6.45, 7) is 1.07. The topological polar surface area (TPSA) is 72.7 Å². The van der Waals surface area contributed by atoms with Gasteiger partial charge < -0.3 is 9.64 Å². The fourth-order valence-electron chi connectivity index (χ4n) is 1.55. The van der Waals surface area contributed by atoms with Crippen LogP contribution in [0, 0.1) is 10.1 Å². The molecular formula is C12H15ClN2O4. The zero-order valence-corrected chi connectivity index (χ0v) is 11.5.